The normalized spacial score (nSPS) is 20.5. The van der Waals surface area contributed by atoms with Crippen LogP contribution >= 0.6 is 0 Å². The molecular weight excluding hydrogens is 490 g/mol. The van der Waals surface area contributed by atoms with E-state index in [1.54, 1.807) is 0 Å². The summed E-state index contributed by atoms with van der Waals surface area (Å²) in [6.45, 7) is 6.30. The van der Waals surface area contributed by atoms with Crippen molar-refractivity contribution < 1.29 is 18.6 Å². The van der Waals surface area contributed by atoms with Crippen LogP contribution in [0.15, 0.2) is 45.0 Å². The average molecular weight is 523 g/mol. The Balaban J connectivity index is 1.41. The summed E-state index contributed by atoms with van der Waals surface area (Å²) in [4.78, 5) is 16.0. The van der Waals surface area contributed by atoms with E-state index in [9.17, 15) is 18.7 Å². The van der Waals surface area contributed by atoms with E-state index in [4.69, 9.17) is 4.74 Å². The molecule has 1 aromatic carbocycles. The van der Waals surface area contributed by atoms with E-state index in [0.717, 1.165) is 50.4 Å². The minimum absolute atomic E-state index is 0.165. The van der Waals surface area contributed by atoms with Crippen LogP contribution in [-0.2, 0) is 16.7 Å². The number of ether oxygens (including phenoxy) is 1. The second kappa shape index (κ2) is 9.45. The van der Waals surface area contributed by atoms with Gasteiger partial charge in [0.15, 0.2) is 5.75 Å². The Hall–Kier alpha value is -3.33. The van der Waals surface area contributed by atoms with Crippen LogP contribution < -0.4 is 5.43 Å². The van der Waals surface area contributed by atoms with Gasteiger partial charge in [0.25, 0.3) is 0 Å². The number of allylic oxidation sites excluding steroid dienone is 1. The van der Waals surface area contributed by atoms with Gasteiger partial charge >= 0.3 is 0 Å². The number of hydrogen-bond acceptors (Lipinski definition) is 6. The fraction of sp³-hybridized carbons (Fsp3) is 0.483. The highest BCUT2D eigenvalue weighted by Gasteiger charge is 2.45. The van der Waals surface area contributed by atoms with E-state index in [1.807, 2.05) is 6.20 Å². The molecule has 2 aromatic rings. The van der Waals surface area contributed by atoms with Gasteiger partial charge in [-0.2, -0.15) is 10.2 Å². The van der Waals surface area contributed by atoms with Gasteiger partial charge in [-0.25, -0.2) is 8.78 Å². The zero-order chi connectivity index (χ0) is 26.6. The maximum atomic E-state index is 14.2. The second-order valence-electron chi connectivity index (χ2n) is 11.1. The summed E-state index contributed by atoms with van der Waals surface area (Å²) in [6.07, 6.45) is 6.86. The van der Waals surface area contributed by atoms with Crippen LogP contribution in [0.2, 0.25) is 0 Å². The van der Waals surface area contributed by atoms with Crippen molar-refractivity contribution in [2.75, 3.05) is 19.8 Å². The summed E-state index contributed by atoms with van der Waals surface area (Å²) >= 11 is 0. The molecule has 6 rings (SSSR count). The number of aromatic hydroxyl groups is 1. The second-order valence-corrected chi connectivity index (χ2v) is 11.1. The van der Waals surface area contributed by atoms with Crippen molar-refractivity contribution in [3.63, 3.8) is 0 Å². The van der Waals surface area contributed by atoms with Gasteiger partial charge in [0, 0.05) is 50.9 Å². The maximum absolute atomic E-state index is 14.2. The van der Waals surface area contributed by atoms with Gasteiger partial charge in [0.2, 0.25) is 5.43 Å². The lowest BCUT2D eigenvalue weighted by Crippen LogP contribution is -2.55. The molecule has 4 heterocycles. The van der Waals surface area contributed by atoms with Gasteiger partial charge in [-0.05, 0) is 63.2 Å². The van der Waals surface area contributed by atoms with Crippen LogP contribution in [0.1, 0.15) is 69.2 Å². The quantitative estimate of drug-likeness (QED) is 0.629. The monoisotopic (exact) mass is 522 g/mol. The maximum Gasteiger partial charge on any atom is 0.232 e. The SMILES string of the molecule is CC(C)N1CC2(CCOCC2)n2cc(C3=NN=C(Cc4ccc(F)cc4F)C3)c(=O)c(O)c2C1=C1CCC1. The molecule has 1 saturated carbocycles. The molecule has 4 aliphatic rings. The number of aromatic nitrogens is 1. The van der Waals surface area contributed by atoms with Gasteiger partial charge < -0.3 is 19.3 Å². The number of hydrogen-bond donors (Lipinski definition) is 1. The fourth-order valence-electron chi connectivity index (χ4n) is 6.09. The van der Waals surface area contributed by atoms with Crippen molar-refractivity contribution in [2.45, 2.75) is 70.4 Å². The number of halogens is 2. The van der Waals surface area contributed by atoms with E-state index >= 15 is 0 Å². The lowest BCUT2D eigenvalue weighted by Gasteiger charge is -2.52. The van der Waals surface area contributed by atoms with Crippen LogP contribution in [0.5, 0.6) is 5.75 Å². The van der Waals surface area contributed by atoms with Crippen LogP contribution in [0.3, 0.4) is 0 Å². The van der Waals surface area contributed by atoms with Crippen molar-refractivity contribution in [1.29, 1.82) is 0 Å². The van der Waals surface area contributed by atoms with Crippen LogP contribution in [0.25, 0.3) is 5.70 Å². The predicted octanol–water partition coefficient (Wildman–Crippen LogP) is 4.75. The lowest BCUT2D eigenvalue weighted by molar-refractivity contribution is -0.000692. The largest absolute Gasteiger partial charge is 0.503 e. The molecule has 0 bridgehead atoms. The Labute approximate surface area is 220 Å². The number of rotatable bonds is 4. The van der Waals surface area contributed by atoms with Crippen molar-refractivity contribution in [3.8, 4) is 5.75 Å². The van der Waals surface area contributed by atoms with Crippen LogP contribution in [-0.4, -0.2) is 51.8 Å². The first kappa shape index (κ1) is 25.0. The van der Waals surface area contributed by atoms with Gasteiger partial charge in [-0.1, -0.05) is 6.07 Å². The fourth-order valence-corrected chi connectivity index (χ4v) is 6.09. The highest BCUT2D eigenvalue weighted by molar-refractivity contribution is 6.15. The Kier molecular flexibility index (Phi) is 6.21. The first-order chi connectivity index (χ1) is 18.3. The van der Waals surface area contributed by atoms with E-state index in [0.29, 0.717) is 41.5 Å². The first-order valence-electron chi connectivity index (χ1n) is 13.4. The molecule has 0 amide bonds. The van der Waals surface area contributed by atoms with E-state index < -0.39 is 17.1 Å². The number of benzene rings is 1. The Morgan fingerprint density at radius 1 is 1.16 bits per heavy atom. The Bertz CT molecular complexity index is 1440. The topological polar surface area (TPSA) is 79.4 Å². The van der Waals surface area contributed by atoms with Gasteiger partial charge in [0.1, 0.15) is 17.3 Å². The van der Waals surface area contributed by atoms with Crippen LogP contribution in [0, 0.1) is 11.6 Å². The number of nitrogens with zero attached hydrogens (tertiary/aromatic N) is 4. The molecular formula is C29H32F2N4O3. The molecule has 1 spiro atoms. The third-order valence-electron chi connectivity index (χ3n) is 8.41. The van der Waals surface area contributed by atoms with E-state index in [1.165, 1.54) is 17.7 Å². The van der Waals surface area contributed by atoms with Crippen molar-refractivity contribution in [2.24, 2.45) is 10.2 Å². The van der Waals surface area contributed by atoms with Crippen LogP contribution in [0.4, 0.5) is 8.78 Å². The highest BCUT2D eigenvalue weighted by Crippen LogP contribution is 2.47. The Morgan fingerprint density at radius 2 is 1.92 bits per heavy atom. The molecule has 1 N–H and O–H groups in total. The minimum atomic E-state index is -0.639. The minimum Gasteiger partial charge on any atom is -0.503 e. The first-order valence-corrected chi connectivity index (χ1v) is 13.4. The summed E-state index contributed by atoms with van der Waals surface area (Å²) in [7, 11) is 0. The molecule has 0 atom stereocenters. The van der Waals surface area contributed by atoms with Crippen molar-refractivity contribution in [1.82, 2.24) is 9.47 Å². The summed E-state index contributed by atoms with van der Waals surface area (Å²) in [5.74, 6) is -1.53. The molecule has 1 aliphatic carbocycles. The van der Waals surface area contributed by atoms with E-state index in [-0.39, 0.29) is 30.2 Å². The molecule has 0 unspecified atom stereocenters. The zero-order valence-corrected chi connectivity index (χ0v) is 21.8. The zero-order valence-electron chi connectivity index (χ0n) is 21.8. The molecule has 1 aromatic heterocycles. The Morgan fingerprint density at radius 3 is 2.58 bits per heavy atom. The third-order valence-corrected chi connectivity index (χ3v) is 8.41. The third kappa shape index (κ3) is 4.08. The lowest BCUT2D eigenvalue weighted by atomic mass is 9.81. The molecule has 9 heteroatoms. The summed E-state index contributed by atoms with van der Waals surface area (Å²) in [6, 6.07) is 3.67. The number of pyridine rings is 1. The van der Waals surface area contributed by atoms with Gasteiger partial charge in [-0.3, -0.25) is 4.79 Å². The van der Waals surface area contributed by atoms with Gasteiger partial charge in [-0.15, -0.1) is 0 Å². The van der Waals surface area contributed by atoms with Gasteiger partial charge in [0.05, 0.1) is 28.2 Å². The molecule has 2 fully saturated rings. The molecule has 38 heavy (non-hydrogen) atoms. The molecule has 200 valence electrons. The highest BCUT2D eigenvalue weighted by atomic mass is 19.1. The van der Waals surface area contributed by atoms with Crippen molar-refractivity contribution >= 4 is 17.1 Å². The van der Waals surface area contributed by atoms with Crippen molar-refractivity contribution in [3.05, 3.63) is 68.6 Å². The molecule has 3 aliphatic heterocycles. The number of fused-ring (bicyclic) bond motifs is 2. The molecule has 7 nitrogen and oxygen atoms in total. The smallest absolute Gasteiger partial charge is 0.232 e. The average Bonchev–Trinajstić information content (AvgIpc) is 3.32. The predicted molar refractivity (Wildman–Crippen MR) is 142 cm³/mol. The molecule has 1 saturated heterocycles. The standard InChI is InChI=1S/C29H32F2N4O3/c1-17(2)34-16-29(8-10-38-11-9-29)35-15-22(27(36)28(37)26(35)25(34)18-4-3-5-18)24-14-21(32-33-24)12-19-6-7-20(30)13-23(19)31/h6-7,13,15,17,37H,3-5,8-12,14,16H2,1-2H3. The summed E-state index contributed by atoms with van der Waals surface area (Å²) in [5.41, 5.74) is 3.73. The summed E-state index contributed by atoms with van der Waals surface area (Å²) in [5, 5.41) is 20.0. The van der Waals surface area contributed by atoms with E-state index in [2.05, 4.69) is 33.5 Å². The molecule has 0 radical (unpaired) electrons. The summed E-state index contributed by atoms with van der Waals surface area (Å²) < 4.78 is 35.4.